The van der Waals surface area contributed by atoms with E-state index in [-0.39, 0.29) is 6.54 Å². The van der Waals surface area contributed by atoms with Crippen molar-refractivity contribution in [3.63, 3.8) is 0 Å². The maximum atomic E-state index is 12.1. The Hall–Kier alpha value is -1.95. The summed E-state index contributed by atoms with van der Waals surface area (Å²) in [6.45, 7) is 0.00312. The highest BCUT2D eigenvalue weighted by molar-refractivity contribution is 7.92. The van der Waals surface area contributed by atoms with Crippen molar-refractivity contribution in [3.05, 3.63) is 76.7 Å². The molecule has 0 spiro atoms. The van der Waals surface area contributed by atoms with E-state index in [1.165, 1.54) is 6.08 Å². The normalized spacial score (nSPS) is 16.6. The standard InChI is InChI=1S/C18H19NO3S/c20-18(12-16-8-4-5-9-17(16)13-18)14-19-23(21,22)11-10-15-6-2-1-3-7-15/h1-11,19-20H,12-14H2/b11-10+. The van der Waals surface area contributed by atoms with Gasteiger partial charge in [0.15, 0.2) is 0 Å². The number of hydrogen-bond acceptors (Lipinski definition) is 3. The summed E-state index contributed by atoms with van der Waals surface area (Å²) < 4.78 is 26.6. The van der Waals surface area contributed by atoms with E-state index >= 15 is 0 Å². The molecule has 2 aromatic rings. The Morgan fingerprint density at radius 1 is 1.00 bits per heavy atom. The van der Waals surface area contributed by atoms with Crippen LogP contribution in [0.5, 0.6) is 0 Å². The zero-order valence-electron chi connectivity index (χ0n) is 12.6. The number of hydrogen-bond donors (Lipinski definition) is 2. The Balaban J connectivity index is 1.63. The average Bonchev–Trinajstić information content (AvgIpc) is 2.89. The molecule has 0 aromatic heterocycles. The SMILES string of the molecule is O=S(=O)(/C=C/c1ccccc1)NCC1(O)Cc2ccccc2C1. The minimum atomic E-state index is -3.58. The van der Waals surface area contributed by atoms with Gasteiger partial charge in [0.25, 0.3) is 0 Å². The molecule has 0 saturated carbocycles. The molecule has 4 nitrogen and oxygen atoms in total. The van der Waals surface area contributed by atoms with Crippen molar-refractivity contribution in [2.75, 3.05) is 6.54 Å². The predicted molar refractivity (Wildman–Crippen MR) is 91.2 cm³/mol. The van der Waals surface area contributed by atoms with Gasteiger partial charge in [0, 0.05) is 24.8 Å². The summed E-state index contributed by atoms with van der Waals surface area (Å²) >= 11 is 0. The molecule has 3 rings (SSSR count). The third-order valence-electron chi connectivity index (χ3n) is 4.00. The van der Waals surface area contributed by atoms with Crippen LogP contribution in [0.15, 0.2) is 60.0 Å². The van der Waals surface area contributed by atoms with Gasteiger partial charge >= 0.3 is 0 Å². The van der Waals surface area contributed by atoms with Crippen LogP contribution in [0.25, 0.3) is 6.08 Å². The van der Waals surface area contributed by atoms with E-state index in [0.29, 0.717) is 12.8 Å². The number of fused-ring (bicyclic) bond motifs is 1. The van der Waals surface area contributed by atoms with E-state index in [2.05, 4.69) is 4.72 Å². The van der Waals surface area contributed by atoms with E-state index in [1.807, 2.05) is 54.6 Å². The largest absolute Gasteiger partial charge is 0.388 e. The molecule has 0 saturated heterocycles. The molecule has 0 unspecified atom stereocenters. The molecule has 0 heterocycles. The minimum absolute atomic E-state index is 0.00312. The second-order valence-corrected chi connectivity index (χ2v) is 7.58. The summed E-state index contributed by atoms with van der Waals surface area (Å²) in [4.78, 5) is 0. The average molecular weight is 329 g/mol. The lowest BCUT2D eigenvalue weighted by Crippen LogP contribution is -2.43. The van der Waals surface area contributed by atoms with Crippen molar-refractivity contribution in [1.82, 2.24) is 4.72 Å². The quantitative estimate of drug-likeness (QED) is 0.883. The maximum Gasteiger partial charge on any atom is 0.233 e. The maximum absolute atomic E-state index is 12.1. The van der Waals surface area contributed by atoms with E-state index in [1.54, 1.807) is 0 Å². The molecule has 2 aromatic carbocycles. The van der Waals surface area contributed by atoms with E-state index in [9.17, 15) is 13.5 Å². The number of aliphatic hydroxyl groups is 1. The van der Waals surface area contributed by atoms with Crippen LogP contribution in [0, 0.1) is 0 Å². The molecule has 1 aliphatic rings. The Labute approximate surface area is 136 Å². The van der Waals surface area contributed by atoms with Crippen LogP contribution in [-0.2, 0) is 22.9 Å². The van der Waals surface area contributed by atoms with Crippen LogP contribution in [0.1, 0.15) is 16.7 Å². The highest BCUT2D eigenvalue weighted by Crippen LogP contribution is 2.29. The van der Waals surface area contributed by atoms with Gasteiger partial charge < -0.3 is 5.11 Å². The van der Waals surface area contributed by atoms with Gasteiger partial charge in [0.05, 0.1) is 5.60 Å². The Morgan fingerprint density at radius 2 is 1.57 bits per heavy atom. The summed E-state index contributed by atoms with van der Waals surface area (Å²) in [6.07, 6.45) is 2.47. The van der Waals surface area contributed by atoms with Crippen molar-refractivity contribution in [2.24, 2.45) is 0 Å². The monoisotopic (exact) mass is 329 g/mol. The summed E-state index contributed by atoms with van der Waals surface area (Å²) in [5.41, 5.74) is 1.91. The second-order valence-electron chi connectivity index (χ2n) is 5.93. The minimum Gasteiger partial charge on any atom is -0.388 e. The molecule has 23 heavy (non-hydrogen) atoms. The summed E-state index contributed by atoms with van der Waals surface area (Å²) in [6, 6.07) is 17.0. The van der Waals surface area contributed by atoms with E-state index in [0.717, 1.165) is 22.1 Å². The van der Waals surface area contributed by atoms with Gasteiger partial charge in [0.1, 0.15) is 0 Å². The number of benzene rings is 2. The van der Waals surface area contributed by atoms with Crippen molar-refractivity contribution in [2.45, 2.75) is 18.4 Å². The molecule has 0 atom stereocenters. The van der Waals surface area contributed by atoms with Crippen LogP contribution in [0.4, 0.5) is 0 Å². The fourth-order valence-corrected chi connectivity index (χ4v) is 3.72. The van der Waals surface area contributed by atoms with Gasteiger partial charge in [-0.15, -0.1) is 0 Å². The second kappa shape index (κ2) is 6.28. The van der Waals surface area contributed by atoms with E-state index < -0.39 is 15.6 Å². The highest BCUT2D eigenvalue weighted by atomic mass is 32.2. The molecule has 0 aliphatic heterocycles. The first-order chi connectivity index (χ1) is 11.0. The Morgan fingerprint density at radius 3 is 2.17 bits per heavy atom. The lowest BCUT2D eigenvalue weighted by molar-refractivity contribution is 0.0568. The molecule has 0 bridgehead atoms. The van der Waals surface area contributed by atoms with Gasteiger partial charge in [-0.1, -0.05) is 54.6 Å². The first-order valence-corrected chi connectivity index (χ1v) is 9.02. The smallest absolute Gasteiger partial charge is 0.233 e. The van der Waals surface area contributed by atoms with Crippen molar-refractivity contribution < 1.29 is 13.5 Å². The summed E-state index contributed by atoms with van der Waals surface area (Å²) in [5.74, 6) is 0. The molecule has 1 aliphatic carbocycles. The lowest BCUT2D eigenvalue weighted by atomic mass is 10.0. The number of nitrogens with one attached hydrogen (secondary N) is 1. The zero-order chi connectivity index (χ0) is 16.3. The highest BCUT2D eigenvalue weighted by Gasteiger charge is 2.35. The zero-order valence-corrected chi connectivity index (χ0v) is 13.5. The number of rotatable bonds is 5. The number of sulfonamides is 1. The molecular weight excluding hydrogens is 310 g/mol. The Bertz CT molecular complexity index is 788. The molecule has 0 fully saturated rings. The van der Waals surface area contributed by atoms with Gasteiger partial charge in [-0.25, -0.2) is 13.1 Å². The molecule has 0 amide bonds. The van der Waals surface area contributed by atoms with Crippen LogP contribution in [0.2, 0.25) is 0 Å². The summed E-state index contributed by atoms with van der Waals surface area (Å²) in [7, 11) is -3.58. The molecule has 120 valence electrons. The van der Waals surface area contributed by atoms with Crippen LogP contribution in [-0.4, -0.2) is 25.7 Å². The van der Waals surface area contributed by atoms with Crippen LogP contribution >= 0.6 is 0 Å². The molecule has 5 heteroatoms. The van der Waals surface area contributed by atoms with Gasteiger partial charge in [-0.3, -0.25) is 0 Å². The first kappa shape index (κ1) is 15.9. The van der Waals surface area contributed by atoms with Crippen LogP contribution < -0.4 is 4.72 Å². The predicted octanol–water partition coefficient (Wildman–Crippen LogP) is 2.11. The van der Waals surface area contributed by atoms with Crippen molar-refractivity contribution in [3.8, 4) is 0 Å². The van der Waals surface area contributed by atoms with Gasteiger partial charge in [-0.05, 0) is 22.8 Å². The topological polar surface area (TPSA) is 66.4 Å². The summed E-state index contributed by atoms with van der Waals surface area (Å²) in [5, 5.41) is 11.7. The van der Waals surface area contributed by atoms with Crippen molar-refractivity contribution >= 4 is 16.1 Å². The van der Waals surface area contributed by atoms with Crippen molar-refractivity contribution in [1.29, 1.82) is 0 Å². The fraction of sp³-hybridized carbons (Fsp3) is 0.222. The molecule has 0 radical (unpaired) electrons. The van der Waals surface area contributed by atoms with Gasteiger partial charge in [0.2, 0.25) is 10.0 Å². The van der Waals surface area contributed by atoms with Crippen LogP contribution in [0.3, 0.4) is 0 Å². The fourth-order valence-electron chi connectivity index (χ4n) is 2.81. The molecule has 2 N–H and O–H groups in total. The van der Waals surface area contributed by atoms with Gasteiger partial charge in [-0.2, -0.15) is 0 Å². The Kier molecular flexibility index (Phi) is 4.35. The van der Waals surface area contributed by atoms with E-state index in [4.69, 9.17) is 0 Å². The third kappa shape index (κ3) is 4.07. The third-order valence-corrected chi connectivity index (χ3v) is 5.04. The lowest BCUT2D eigenvalue weighted by Gasteiger charge is -2.22. The first-order valence-electron chi connectivity index (χ1n) is 7.48. The molecular formula is C18H19NO3S.